The third-order valence-corrected chi connectivity index (χ3v) is 7.99. The van der Waals surface area contributed by atoms with Crippen molar-refractivity contribution >= 4 is 36.0 Å². The molecule has 2 aliphatic rings. The van der Waals surface area contributed by atoms with Crippen molar-refractivity contribution in [2.24, 2.45) is 0 Å². The Labute approximate surface area is 252 Å². The summed E-state index contributed by atoms with van der Waals surface area (Å²) in [5.41, 5.74) is 0. The summed E-state index contributed by atoms with van der Waals surface area (Å²) in [6, 6.07) is 0.412. The van der Waals surface area contributed by atoms with Crippen LogP contribution in [0.1, 0.15) is 38.5 Å². The molecule has 5 amide bonds. The Bertz CT molecular complexity index is 768. The SMILES string of the molecule is O=CNCCOCCOCC(=O)NCCCOCCOCCOCCCNC(=O)CCCCC1SC[C@@H]2NC(=O)N[C@H]12. The normalized spacial score (nSPS) is 19.1. The summed E-state index contributed by atoms with van der Waals surface area (Å²) >= 11 is 1.90. The van der Waals surface area contributed by atoms with E-state index < -0.39 is 0 Å². The second-order valence-corrected chi connectivity index (χ2v) is 11.1. The smallest absolute Gasteiger partial charge is 0.315 e. The van der Waals surface area contributed by atoms with E-state index in [1.807, 2.05) is 11.8 Å². The molecule has 2 fully saturated rings. The Morgan fingerprint density at radius 2 is 1.38 bits per heavy atom. The van der Waals surface area contributed by atoms with Gasteiger partial charge in [0.05, 0.1) is 58.3 Å². The Balaban J connectivity index is 1.23. The minimum absolute atomic E-state index is 0.0231. The lowest BCUT2D eigenvalue weighted by atomic mass is 10.0. The molecule has 1 unspecified atom stereocenters. The van der Waals surface area contributed by atoms with E-state index in [2.05, 4.69) is 26.6 Å². The summed E-state index contributed by atoms with van der Waals surface area (Å²) in [6.45, 7) is 5.60. The van der Waals surface area contributed by atoms with E-state index in [-0.39, 0.29) is 36.5 Å². The van der Waals surface area contributed by atoms with Crippen LogP contribution in [0.4, 0.5) is 4.79 Å². The maximum Gasteiger partial charge on any atom is 0.315 e. The van der Waals surface area contributed by atoms with Crippen LogP contribution in [0.25, 0.3) is 0 Å². The van der Waals surface area contributed by atoms with Crippen LogP contribution >= 0.6 is 11.8 Å². The van der Waals surface area contributed by atoms with E-state index in [4.69, 9.17) is 23.7 Å². The van der Waals surface area contributed by atoms with E-state index in [0.29, 0.717) is 104 Å². The van der Waals surface area contributed by atoms with Gasteiger partial charge in [-0.2, -0.15) is 11.8 Å². The molecule has 14 nitrogen and oxygen atoms in total. The van der Waals surface area contributed by atoms with Crippen molar-refractivity contribution < 1.29 is 42.9 Å². The fourth-order valence-corrected chi connectivity index (χ4v) is 5.88. The number of urea groups is 1. The quantitative estimate of drug-likeness (QED) is 0.0439. The molecule has 2 saturated heterocycles. The Morgan fingerprint density at radius 3 is 2.07 bits per heavy atom. The van der Waals surface area contributed by atoms with Crippen molar-refractivity contribution in [1.82, 2.24) is 26.6 Å². The number of thioether (sulfide) groups is 1. The maximum absolute atomic E-state index is 12.0. The molecule has 0 radical (unpaired) electrons. The summed E-state index contributed by atoms with van der Waals surface area (Å²) < 4.78 is 26.9. The van der Waals surface area contributed by atoms with Crippen LogP contribution in [0.15, 0.2) is 0 Å². The molecule has 242 valence electrons. The molecule has 0 aliphatic carbocycles. The molecule has 0 spiro atoms. The molecule has 0 aromatic carbocycles. The summed E-state index contributed by atoms with van der Waals surface area (Å²) in [7, 11) is 0. The zero-order valence-corrected chi connectivity index (χ0v) is 25.4. The summed E-state index contributed by atoms with van der Waals surface area (Å²) in [4.78, 5) is 45.2. The third kappa shape index (κ3) is 17.7. The minimum Gasteiger partial charge on any atom is -0.379 e. The van der Waals surface area contributed by atoms with Crippen LogP contribution in [-0.4, -0.2) is 133 Å². The minimum atomic E-state index is -0.188. The number of amides is 5. The first kappa shape index (κ1) is 36.0. The Kier molecular flexibility index (Phi) is 20.8. The topological polar surface area (TPSA) is 175 Å². The highest BCUT2D eigenvalue weighted by atomic mass is 32.2. The van der Waals surface area contributed by atoms with E-state index in [9.17, 15) is 19.2 Å². The van der Waals surface area contributed by atoms with Crippen LogP contribution < -0.4 is 26.6 Å². The molecule has 0 aromatic rings. The van der Waals surface area contributed by atoms with Crippen LogP contribution in [0, 0.1) is 0 Å². The van der Waals surface area contributed by atoms with Crippen LogP contribution in [0.2, 0.25) is 0 Å². The molecule has 3 atom stereocenters. The number of carbonyl (C=O) groups is 4. The van der Waals surface area contributed by atoms with Crippen molar-refractivity contribution in [1.29, 1.82) is 0 Å². The second-order valence-electron chi connectivity index (χ2n) is 9.85. The van der Waals surface area contributed by atoms with Gasteiger partial charge in [-0.1, -0.05) is 6.42 Å². The van der Waals surface area contributed by atoms with Gasteiger partial charge in [0, 0.05) is 50.3 Å². The van der Waals surface area contributed by atoms with E-state index in [0.717, 1.165) is 31.4 Å². The first-order valence-corrected chi connectivity index (χ1v) is 15.9. The molecule has 2 rings (SSSR count). The molecule has 2 heterocycles. The standard InChI is InChI=1S/C27H49N5O9S/c33-21-28-9-12-39-17-18-41-19-25(35)30-8-4-11-38-14-16-40-15-13-37-10-3-7-29-24(34)6-2-1-5-23-26-22(20-42-23)31-27(36)32-26/h21-23,26H,1-20H2,(H,28,33)(H,29,34)(H,30,35)(H2,31,32,36)/t22-,23?,26-/m0/s1. The first-order chi connectivity index (χ1) is 20.6. The third-order valence-electron chi connectivity index (χ3n) is 6.48. The highest BCUT2D eigenvalue weighted by Crippen LogP contribution is 2.33. The van der Waals surface area contributed by atoms with Crippen molar-refractivity contribution in [3.8, 4) is 0 Å². The lowest BCUT2D eigenvalue weighted by molar-refractivity contribution is -0.126. The monoisotopic (exact) mass is 619 g/mol. The van der Waals surface area contributed by atoms with Gasteiger partial charge >= 0.3 is 6.03 Å². The van der Waals surface area contributed by atoms with Gasteiger partial charge in [0.25, 0.3) is 0 Å². The predicted octanol–water partition coefficient (Wildman–Crippen LogP) is -0.446. The van der Waals surface area contributed by atoms with Gasteiger partial charge in [-0.05, 0) is 25.7 Å². The van der Waals surface area contributed by atoms with E-state index in [1.54, 1.807) is 0 Å². The van der Waals surface area contributed by atoms with Crippen molar-refractivity contribution in [3.05, 3.63) is 0 Å². The average Bonchev–Trinajstić information content (AvgIpc) is 3.53. The number of rotatable bonds is 28. The number of ether oxygens (including phenoxy) is 5. The lowest BCUT2D eigenvalue weighted by Crippen LogP contribution is -2.36. The Morgan fingerprint density at radius 1 is 0.762 bits per heavy atom. The van der Waals surface area contributed by atoms with Gasteiger partial charge in [0.15, 0.2) is 0 Å². The number of hydrogen-bond donors (Lipinski definition) is 5. The maximum atomic E-state index is 12.0. The van der Waals surface area contributed by atoms with Crippen LogP contribution in [-0.2, 0) is 38.1 Å². The molecule has 0 aromatic heterocycles. The van der Waals surface area contributed by atoms with Gasteiger partial charge in [0.2, 0.25) is 18.2 Å². The molecular formula is C27H49N5O9S. The molecule has 2 aliphatic heterocycles. The largest absolute Gasteiger partial charge is 0.379 e. The van der Waals surface area contributed by atoms with Crippen molar-refractivity contribution in [2.75, 3.05) is 91.5 Å². The molecule has 42 heavy (non-hydrogen) atoms. The van der Waals surface area contributed by atoms with Gasteiger partial charge in [-0.25, -0.2) is 4.79 Å². The fraction of sp³-hybridized carbons (Fsp3) is 0.852. The lowest BCUT2D eigenvalue weighted by Gasteiger charge is -2.16. The predicted molar refractivity (Wildman–Crippen MR) is 157 cm³/mol. The summed E-state index contributed by atoms with van der Waals surface area (Å²) in [5, 5.41) is 14.6. The van der Waals surface area contributed by atoms with Gasteiger partial charge in [0.1, 0.15) is 6.61 Å². The van der Waals surface area contributed by atoms with E-state index >= 15 is 0 Å². The molecule has 15 heteroatoms. The number of fused-ring (bicyclic) bond motifs is 1. The van der Waals surface area contributed by atoms with Gasteiger partial charge in [-0.3, -0.25) is 14.4 Å². The summed E-state index contributed by atoms with van der Waals surface area (Å²) in [5.74, 6) is 0.844. The van der Waals surface area contributed by atoms with Crippen LogP contribution in [0.5, 0.6) is 0 Å². The first-order valence-electron chi connectivity index (χ1n) is 14.9. The number of unbranched alkanes of at least 4 members (excludes halogenated alkanes) is 1. The number of nitrogens with one attached hydrogen (secondary N) is 5. The number of carbonyl (C=O) groups excluding carboxylic acids is 4. The van der Waals surface area contributed by atoms with Gasteiger partial charge in [-0.15, -0.1) is 0 Å². The Hall–Kier alpha value is -2.17. The van der Waals surface area contributed by atoms with Gasteiger partial charge < -0.3 is 50.3 Å². The fourth-order valence-electron chi connectivity index (χ4n) is 4.33. The van der Waals surface area contributed by atoms with Crippen molar-refractivity contribution in [2.45, 2.75) is 55.9 Å². The molecule has 0 saturated carbocycles. The zero-order valence-electron chi connectivity index (χ0n) is 24.5. The van der Waals surface area contributed by atoms with Crippen molar-refractivity contribution in [3.63, 3.8) is 0 Å². The van der Waals surface area contributed by atoms with E-state index in [1.165, 1.54) is 0 Å². The highest BCUT2D eigenvalue weighted by molar-refractivity contribution is 8.00. The summed E-state index contributed by atoms with van der Waals surface area (Å²) in [6.07, 6.45) is 5.43. The zero-order chi connectivity index (χ0) is 30.1. The highest BCUT2D eigenvalue weighted by Gasteiger charge is 2.42. The number of hydrogen-bond acceptors (Lipinski definition) is 10. The second kappa shape index (κ2) is 24.3. The molecular weight excluding hydrogens is 570 g/mol. The molecule has 0 bridgehead atoms. The average molecular weight is 620 g/mol. The van der Waals surface area contributed by atoms with Crippen LogP contribution in [0.3, 0.4) is 0 Å². The molecule has 5 N–H and O–H groups in total.